The molecule has 0 saturated carbocycles. The first-order valence-corrected chi connectivity index (χ1v) is 23.7. The highest BCUT2D eigenvalue weighted by atomic mass is 32.2. The third-order valence-corrected chi connectivity index (χ3v) is 10.7. The minimum atomic E-state index is -0.202. The molecule has 0 atom stereocenters. The van der Waals surface area contributed by atoms with Crippen LogP contribution in [0.3, 0.4) is 0 Å². The predicted octanol–water partition coefficient (Wildman–Crippen LogP) is 12.3. The van der Waals surface area contributed by atoms with Crippen LogP contribution in [-0.4, -0.2) is 86.1 Å². The summed E-state index contributed by atoms with van der Waals surface area (Å²) in [5, 5.41) is 0. The second-order valence-corrected chi connectivity index (χ2v) is 16.5. The van der Waals surface area contributed by atoms with Gasteiger partial charge in [-0.05, 0) is 78.3 Å². The van der Waals surface area contributed by atoms with Gasteiger partial charge in [0.2, 0.25) is 5.91 Å². The number of allylic oxidation sites excluding steroid dienone is 4. The van der Waals surface area contributed by atoms with Gasteiger partial charge in [0.1, 0.15) is 13.2 Å². The van der Waals surface area contributed by atoms with E-state index in [-0.39, 0.29) is 31.1 Å². The number of thioether (sulfide) groups is 1. The average Bonchev–Trinajstić information content (AvgIpc) is 3.15. The first kappa shape index (κ1) is 52.2. The highest BCUT2D eigenvalue weighted by Gasteiger charge is 2.16. The third-order valence-electron chi connectivity index (χ3n) is 9.79. The van der Waals surface area contributed by atoms with E-state index in [1.807, 2.05) is 14.1 Å². The summed E-state index contributed by atoms with van der Waals surface area (Å²) in [7, 11) is 4.04. The fourth-order valence-electron chi connectivity index (χ4n) is 6.22. The van der Waals surface area contributed by atoms with Crippen LogP contribution in [0.5, 0.6) is 0 Å². The largest absolute Gasteiger partial charge is 0.464 e. The van der Waals surface area contributed by atoms with Gasteiger partial charge in [-0.25, -0.2) is 0 Å². The van der Waals surface area contributed by atoms with Crippen molar-refractivity contribution in [2.75, 3.05) is 58.4 Å². The van der Waals surface area contributed by atoms with Gasteiger partial charge in [0, 0.05) is 25.1 Å². The molecule has 0 heterocycles. The van der Waals surface area contributed by atoms with Crippen LogP contribution in [0.2, 0.25) is 0 Å². The SMILES string of the molecule is CCCCCCCC/C=C\CCCCCCCC(=O)OCCN(CCOC(=O)CCCCCCC/C=C\CCCCCCCC)C(=O)CSCCN(C)C. The summed E-state index contributed by atoms with van der Waals surface area (Å²) < 4.78 is 11.0. The van der Waals surface area contributed by atoms with Gasteiger partial charge in [0.05, 0.1) is 18.8 Å². The summed E-state index contributed by atoms with van der Waals surface area (Å²) in [4.78, 5) is 41.5. The van der Waals surface area contributed by atoms with E-state index >= 15 is 0 Å². The lowest BCUT2D eigenvalue weighted by atomic mass is 10.1. The Kier molecular flexibility index (Phi) is 40.9. The quantitative estimate of drug-likeness (QED) is 0.0347. The summed E-state index contributed by atoms with van der Waals surface area (Å²) in [5.74, 6) is 0.807. The van der Waals surface area contributed by atoms with Crippen molar-refractivity contribution in [3.05, 3.63) is 24.3 Å². The molecule has 0 aromatic rings. The number of carbonyl (C=O) groups is 3. The molecule has 0 fully saturated rings. The van der Waals surface area contributed by atoms with Crippen LogP contribution in [0.15, 0.2) is 24.3 Å². The Bertz CT molecular complexity index is 852. The molecule has 0 unspecified atom stereocenters. The Balaban J connectivity index is 4.11. The maximum atomic E-state index is 13.0. The topological polar surface area (TPSA) is 76.1 Å². The standard InChI is InChI=1S/C46H86N2O5S/c1-5-7-9-11-13-15-17-19-21-23-25-27-29-31-33-35-45(50)52-40-37-48(44(49)43-54-42-39-47(3)4)38-41-53-46(51)36-34-32-30-28-26-24-22-20-18-16-14-12-10-8-6-2/h19-22H,5-18,23-43H2,1-4H3/b21-19-,22-20-. The molecule has 0 rings (SSSR count). The van der Waals surface area contributed by atoms with Crippen molar-refractivity contribution in [3.63, 3.8) is 0 Å². The molecular formula is C46H86N2O5S. The number of amides is 1. The fraction of sp³-hybridized carbons (Fsp3) is 0.848. The van der Waals surface area contributed by atoms with E-state index in [0.717, 1.165) is 63.7 Å². The minimum Gasteiger partial charge on any atom is -0.464 e. The van der Waals surface area contributed by atoms with Gasteiger partial charge >= 0.3 is 11.9 Å². The Labute approximate surface area is 338 Å². The lowest BCUT2D eigenvalue weighted by Crippen LogP contribution is -2.38. The lowest BCUT2D eigenvalue weighted by molar-refractivity contribution is -0.147. The van der Waals surface area contributed by atoms with Crippen LogP contribution in [-0.2, 0) is 23.9 Å². The number of ether oxygens (including phenoxy) is 2. The first-order chi connectivity index (χ1) is 26.4. The van der Waals surface area contributed by atoms with Crippen LogP contribution in [0.25, 0.3) is 0 Å². The van der Waals surface area contributed by atoms with E-state index < -0.39 is 0 Å². The molecule has 0 saturated heterocycles. The molecule has 0 bridgehead atoms. The summed E-state index contributed by atoms with van der Waals surface area (Å²) in [6.07, 6.45) is 42.0. The molecule has 0 aromatic heterocycles. The van der Waals surface area contributed by atoms with Crippen molar-refractivity contribution in [2.24, 2.45) is 0 Å². The molecular weight excluding hydrogens is 693 g/mol. The summed E-state index contributed by atoms with van der Waals surface area (Å²) in [6, 6.07) is 0. The monoisotopic (exact) mass is 779 g/mol. The number of rotatable bonds is 41. The van der Waals surface area contributed by atoms with Crippen LogP contribution in [0.1, 0.15) is 194 Å². The molecule has 0 aliphatic rings. The molecule has 0 spiro atoms. The number of esters is 2. The maximum Gasteiger partial charge on any atom is 0.305 e. The summed E-state index contributed by atoms with van der Waals surface area (Å²) in [5.41, 5.74) is 0. The minimum absolute atomic E-state index is 0.0136. The molecule has 8 heteroatoms. The molecule has 0 aromatic carbocycles. The van der Waals surface area contributed by atoms with Gasteiger partial charge in [-0.1, -0.05) is 141 Å². The van der Waals surface area contributed by atoms with Crippen LogP contribution >= 0.6 is 11.8 Å². The molecule has 0 N–H and O–H groups in total. The predicted molar refractivity (Wildman–Crippen MR) is 233 cm³/mol. The van der Waals surface area contributed by atoms with Gasteiger partial charge in [0.15, 0.2) is 0 Å². The highest BCUT2D eigenvalue weighted by molar-refractivity contribution is 7.99. The molecule has 0 aliphatic heterocycles. The van der Waals surface area contributed by atoms with Gasteiger partial charge in [-0.15, -0.1) is 0 Å². The fourth-order valence-corrected chi connectivity index (χ4v) is 7.22. The molecule has 54 heavy (non-hydrogen) atoms. The van der Waals surface area contributed by atoms with Crippen molar-refractivity contribution in [2.45, 2.75) is 194 Å². The summed E-state index contributed by atoms with van der Waals surface area (Å²) >= 11 is 1.60. The Morgan fingerprint density at radius 1 is 0.481 bits per heavy atom. The second-order valence-electron chi connectivity index (χ2n) is 15.3. The smallest absolute Gasteiger partial charge is 0.305 e. The Hall–Kier alpha value is -1.80. The molecule has 316 valence electrons. The maximum absolute atomic E-state index is 13.0. The number of nitrogens with zero attached hydrogens (tertiary/aromatic N) is 2. The summed E-state index contributed by atoms with van der Waals surface area (Å²) in [6.45, 7) is 6.39. The van der Waals surface area contributed by atoms with Crippen molar-refractivity contribution in [1.29, 1.82) is 0 Å². The van der Waals surface area contributed by atoms with Crippen molar-refractivity contribution in [1.82, 2.24) is 9.80 Å². The molecule has 1 amide bonds. The van der Waals surface area contributed by atoms with Gasteiger partial charge < -0.3 is 19.3 Å². The number of hydrogen-bond donors (Lipinski definition) is 0. The van der Waals surface area contributed by atoms with E-state index in [4.69, 9.17) is 9.47 Å². The van der Waals surface area contributed by atoms with E-state index in [2.05, 4.69) is 43.1 Å². The van der Waals surface area contributed by atoms with Gasteiger partial charge in [0.25, 0.3) is 0 Å². The zero-order chi connectivity index (χ0) is 39.6. The Morgan fingerprint density at radius 2 is 0.833 bits per heavy atom. The van der Waals surface area contributed by atoms with E-state index in [1.54, 1.807) is 16.7 Å². The van der Waals surface area contributed by atoms with E-state index in [9.17, 15) is 14.4 Å². The molecule has 0 aliphatic carbocycles. The van der Waals surface area contributed by atoms with Crippen LogP contribution < -0.4 is 0 Å². The number of unbranched alkanes of at least 4 members (excludes halogenated alkanes) is 22. The molecule has 7 nitrogen and oxygen atoms in total. The van der Waals surface area contributed by atoms with Crippen LogP contribution in [0, 0.1) is 0 Å². The van der Waals surface area contributed by atoms with E-state index in [0.29, 0.717) is 31.7 Å². The Morgan fingerprint density at radius 3 is 1.20 bits per heavy atom. The van der Waals surface area contributed by atoms with Gasteiger partial charge in [-0.3, -0.25) is 14.4 Å². The van der Waals surface area contributed by atoms with Gasteiger partial charge in [-0.2, -0.15) is 11.8 Å². The average molecular weight is 779 g/mol. The molecule has 0 radical (unpaired) electrons. The normalized spacial score (nSPS) is 11.6. The zero-order valence-corrected chi connectivity index (χ0v) is 36.7. The zero-order valence-electron chi connectivity index (χ0n) is 35.9. The van der Waals surface area contributed by atoms with Crippen molar-refractivity contribution >= 4 is 29.6 Å². The highest BCUT2D eigenvalue weighted by Crippen LogP contribution is 2.12. The van der Waals surface area contributed by atoms with Crippen molar-refractivity contribution in [3.8, 4) is 0 Å². The number of hydrogen-bond acceptors (Lipinski definition) is 7. The lowest BCUT2D eigenvalue weighted by Gasteiger charge is -2.22. The van der Waals surface area contributed by atoms with E-state index in [1.165, 1.54) is 116 Å². The second kappa shape index (κ2) is 42.3. The first-order valence-electron chi connectivity index (χ1n) is 22.5. The van der Waals surface area contributed by atoms with Crippen LogP contribution in [0.4, 0.5) is 0 Å². The number of carbonyl (C=O) groups excluding carboxylic acids is 3. The third kappa shape index (κ3) is 39.9. The van der Waals surface area contributed by atoms with Crippen molar-refractivity contribution < 1.29 is 23.9 Å².